The zero-order valence-electron chi connectivity index (χ0n) is 12.8. The predicted molar refractivity (Wildman–Crippen MR) is 91.5 cm³/mol. The van der Waals surface area contributed by atoms with E-state index in [1.165, 1.54) is 6.33 Å². The van der Waals surface area contributed by atoms with Crippen molar-refractivity contribution in [3.8, 4) is 0 Å². The Morgan fingerprint density at radius 2 is 2.04 bits per heavy atom. The number of hydrogen-bond acceptors (Lipinski definition) is 5. The summed E-state index contributed by atoms with van der Waals surface area (Å²) >= 11 is 6.10. The van der Waals surface area contributed by atoms with Crippen LogP contribution in [0.4, 0.5) is 17.3 Å². The largest absolute Gasteiger partial charge is 0.382 e. The van der Waals surface area contributed by atoms with Crippen molar-refractivity contribution in [2.45, 2.75) is 25.8 Å². The van der Waals surface area contributed by atoms with Crippen molar-refractivity contribution in [2.75, 3.05) is 22.5 Å². The molecule has 3 N–H and O–H groups in total. The van der Waals surface area contributed by atoms with Gasteiger partial charge < -0.3 is 16.0 Å². The molecule has 2 heterocycles. The van der Waals surface area contributed by atoms with Gasteiger partial charge in [0.05, 0.1) is 0 Å². The van der Waals surface area contributed by atoms with Crippen molar-refractivity contribution in [1.82, 2.24) is 9.97 Å². The number of nitrogens with two attached hydrogens (primary N) is 1. The lowest BCUT2D eigenvalue weighted by molar-refractivity contribution is -0.117. The van der Waals surface area contributed by atoms with Gasteiger partial charge in [0.2, 0.25) is 5.91 Å². The average molecular weight is 332 g/mol. The number of rotatable bonds is 4. The third kappa shape index (κ3) is 3.22. The Bertz CT molecular complexity index is 719. The van der Waals surface area contributed by atoms with Gasteiger partial charge in [-0.15, -0.1) is 0 Å². The molecule has 0 saturated carbocycles. The smallest absolute Gasteiger partial charge is 0.227 e. The Morgan fingerprint density at radius 3 is 2.70 bits per heavy atom. The molecular formula is C16H18ClN5O. The molecule has 1 aliphatic rings. The summed E-state index contributed by atoms with van der Waals surface area (Å²) in [5, 5.41) is 3.54. The summed E-state index contributed by atoms with van der Waals surface area (Å²) in [6.07, 6.45) is 2.93. The molecule has 1 aromatic carbocycles. The number of anilines is 3. The van der Waals surface area contributed by atoms with Gasteiger partial charge in [0.25, 0.3) is 0 Å². The third-order valence-corrected chi connectivity index (χ3v) is 4.32. The van der Waals surface area contributed by atoms with Crippen molar-refractivity contribution in [1.29, 1.82) is 0 Å². The third-order valence-electron chi connectivity index (χ3n) is 3.95. The molecule has 1 atom stereocenters. The minimum absolute atomic E-state index is 0.00914. The van der Waals surface area contributed by atoms with Crippen molar-refractivity contribution in [3.63, 3.8) is 0 Å². The number of hydrogen-bond donors (Lipinski definition) is 2. The van der Waals surface area contributed by atoms with Gasteiger partial charge in [0, 0.05) is 24.7 Å². The van der Waals surface area contributed by atoms with Gasteiger partial charge in [-0.05, 0) is 31.0 Å². The van der Waals surface area contributed by atoms with Crippen LogP contribution in [0, 0.1) is 0 Å². The summed E-state index contributed by atoms with van der Waals surface area (Å²) in [4.78, 5) is 21.5. The van der Waals surface area contributed by atoms with E-state index in [1.807, 2.05) is 36.1 Å². The van der Waals surface area contributed by atoms with Gasteiger partial charge in [-0.25, -0.2) is 9.97 Å². The number of aromatic nitrogens is 2. The minimum Gasteiger partial charge on any atom is -0.382 e. The number of carbonyl (C=O) groups is 1. The van der Waals surface area contributed by atoms with E-state index in [0.29, 0.717) is 17.3 Å². The lowest BCUT2D eigenvalue weighted by atomic mass is 10.1. The highest BCUT2D eigenvalue weighted by Gasteiger charge is 2.21. The van der Waals surface area contributed by atoms with Crippen LogP contribution < -0.4 is 16.0 Å². The Balaban J connectivity index is 1.74. The fraction of sp³-hybridized carbons (Fsp3) is 0.312. The van der Waals surface area contributed by atoms with Crippen LogP contribution in [0.3, 0.4) is 0 Å². The molecule has 2 aromatic rings. The first-order valence-corrected chi connectivity index (χ1v) is 7.87. The maximum atomic E-state index is 11.8. The zero-order valence-corrected chi connectivity index (χ0v) is 13.5. The average Bonchev–Trinajstić information content (AvgIpc) is 2.98. The molecule has 1 amide bonds. The summed E-state index contributed by atoms with van der Waals surface area (Å²) in [5.74, 6) is 0.942. The first-order chi connectivity index (χ1) is 11.1. The predicted octanol–water partition coefficient (Wildman–Crippen LogP) is 3.01. The maximum Gasteiger partial charge on any atom is 0.227 e. The summed E-state index contributed by atoms with van der Waals surface area (Å²) in [6, 6.07) is 7.91. The van der Waals surface area contributed by atoms with E-state index in [1.54, 1.807) is 0 Å². The highest BCUT2D eigenvalue weighted by molar-refractivity contribution is 6.35. The van der Waals surface area contributed by atoms with Crippen LogP contribution in [0.1, 0.15) is 31.4 Å². The normalized spacial score (nSPS) is 15.7. The molecule has 23 heavy (non-hydrogen) atoms. The monoisotopic (exact) mass is 331 g/mol. The molecule has 120 valence electrons. The zero-order chi connectivity index (χ0) is 16.4. The molecule has 1 saturated heterocycles. The van der Waals surface area contributed by atoms with Crippen molar-refractivity contribution >= 4 is 34.8 Å². The SMILES string of the molecule is CC(Nc1ncnc(N)c1Cl)c1ccc(N2CCCC2=O)cc1. The van der Waals surface area contributed by atoms with Crippen LogP contribution >= 0.6 is 11.6 Å². The fourth-order valence-electron chi connectivity index (χ4n) is 2.64. The second kappa shape index (κ2) is 6.42. The van der Waals surface area contributed by atoms with Crippen LogP contribution in [0.15, 0.2) is 30.6 Å². The van der Waals surface area contributed by atoms with Crippen LogP contribution in [-0.4, -0.2) is 22.4 Å². The van der Waals surface area contributed by atoms with Crippen LogP contribution in [0.2, 0.25) is 5.02 Å². The van der Waals surface area contributed by atoms with Gasteiger partial charge in [-0.1, -0.05) is 23.7 Å². The standard InChI is InChI=1S/C16H18ClN5O/c1-10(21-16-14(17)15(18)19-9-20-16)11-4-6-12(7-5-11)22-8-2-3-13(22)23/h4-7,9-10H,2-3,8H2,1H3,(H3,18,19,20,21). The highest BCUT2D eigenvalue weighted by atomic mass is 35.5. The summed E-state index contributed by atoms with van der Waals surface area (Å²) in [7, 11) is 0. The molecule has 3 rings (SSSR count). The molecule has 7 heteroatoms. The topological polar surface area (TPSA) is 84.1 Å². The van der Waals surface area contributed by atoms with E-state index in [-0.39, 0.29) is 17.8 Å². The molecule has 0 spiro atoms. The number of amides is 1. The molecular weight excluding hydrogens is 314 g/mol. The van der Waals surface area contributed by atoms with Gasteiger partial charge >= 0.3 is 0 Å². The summed E-state index contributed by atoms with van der Waals surface area (Å²) in [5.41, 5.74) is 7.68. The van der Waals surface area contributed by atoms with Crippen LogP contribution in [0.25, 0.3) is 0 Å². The minimum atomic E-state index is -0.00914. The number of nitrogens with one attached hydrogen (secondary N) is 1. The number of nitrogens with zero attached hydrogens (tertiary/aromatic N) is 3. The Kier molecular flexibility index (Phi) is 4.34. The summed E-state index contributed by atoms with van der Waals surface area (Å²) in [6.45, 7) is 2.80. The van der Waals surface area contributed by atoms with Crippen molar-refractivity contribution in [3.05, 3.63) is 41.2 Å². The van der Waals surface area contributed by atoms with E-state index in [2.05, 4.69) is 15.3 Å². The molecule has 6 nitrogen and oxygen atoms in total. The molecule has 1 aromatic heterocycles. The Labute approximate surface area is 139 Å². The molecule has 0 bridgehead atoms. The van der Waals surface area contributed by atoms with E-state index >= 15 is 0 Å². The number of halogens is 1. The van der Waals surface area contributed by atoms with Crippen molar-refractivity contribution in [2.24, 2.45) is 0 Å². The van der Waals surface area contributed by atoms with Crippen LogP contribution in [-0.2, 0) is 4.79 Å². The lowest BCUT2D eigenvalue weighted by Gasteiger charge is -2.19. The Hall–Kier alpha value is -2.34. The molecule has 1 fully saturated rings. The summed E-state index contributed by atoms with van der Waals surface area (Å²) < 4.78 is 0. The fourth-order valence-corrected chi connectivity index (χ4v) is 2.79. The first-order valence-electron chi connectivity index (χ1n) is 7.49. The Morgan fingerprint density at radius 1 is 1.30 bits per heavy atom. The molecule has 0 radical (unpaired) electrons. The number of carbonyl (C=O) groups excluding carboxylic acids is 1. The van der Waals surface area contributed by atoms with E-state index in [0.717, 1.165) is 24.2 Å². The van der Waals surface area contributed by atoms with Gasteiger partial charge in [0.15, 0.2) is 5.82 Å². The number of nitrogen functional groups attached to an aromatic ring is 1. The van der Waals surface area contributed by atoms with Gasteiger partial charge in [0.1, 0.15) is 17.2 Å². The lowest BCUT2D eigenvalue weighted by Crippen LogP contribution is -2.23. The number of benzene rings is 1. The first kappa shape index (κ1) is 15.6. The second-order valence-electron chi connectivity index (χ2n) is 5.53. The quantitative estimate of drug-likeness (QED) is 0.899. The van der Waals surface area contributed by atoms with Crippen LogP contribution in [0.5, 0.6) is 0 Å². The van der Waals surface area contributed by atoms with E-state index < -0.39 is 0 Å². The van der Waals surface area contributed by atoms with E-state index in [4.69, 9.17) is 17.3 Å². The van der Waals surface area contributed by atoms with E-state index in [9.17, 15) is 4.79 Å². The second-order valence-corrected chi connectivity index (χ2v) is 5.91. The van der Waals surface area contributed by atoms with Crippen molar-refractivity contribution < 1.29 is 4.79 Å². The molecule has 1 aliphatic heterocycles. The van der Waals surface area contributed by atoms with Gasteiger partial charge in [-0.2, -0.15) is 0 Å². The highest BCUT2D eigenvalue weighted by Crippen LogP contribution is 2.28. The maximum absolute atomic E-state index is 11.8. The van der Waals surface area contributed by atoms with Gasteiger partial charge in [-0.3, -0.25) is 4.79 Å². The molecule has 0 aliphatic carbocycles. The molecule has 1 unspecified atom stereocenters.